The van der Waals surface area contributed by atoms with Gasteiger partial charge in [-0.3, -0.25) is 0 Å². The molecule has 0 aliphatic carbocycles. The molecule has 0 radical (unpaired) electrons. The van der Waals surface area contributed by atoms with Crippen molar-refractivity contribution in [1.82, 2.24) is 0 Å². The topological polar surface area (TPSA) is 0 Å². The summed E-state index contributed by atoms with van der Waals surface area (Å²) in [5, 5.41) is 2.85. The Morgan fingerprint density at radius 2 is 0.833 bits per heavy atom. The zero-order valence-electron chi connectivity index (χ0n) is 12.7. The minimum absolute atomic E-state index is 1.36. The molecule has 0 N–H and O–H groups in total. The van der Waals surface area contributed by atoms with E-state index in [2.05, 4.69) is 72.8 Å². The summed E-state index contributed by atoms with van der Waals surface area (Å²) in [5.41, 5.74) is 5.48. The molecular weight excluding hydrogens is 328 g/mol. The SMILES string of the molecule is c1ccc2c(c1)Sc1ccc3c4c(ccc-2c14)-c1ccccc1S3. The van der Waals surface area contributed by atoms with E-state index in [4.69, 9.17) is 0 Å². The number of rotatable bonds is 0. The average molecular weight is 340 g/mol. The van der Waals surface area contributed by atoms with E-state index in [0.717, 1.165) is 0 Å². The fraction of sp³-hybridized carbons (Fsp3) is 0. The Hall–Kier alpha value is -2.16. The molecule has 0 fully saturated rings. The van der Waals surface area contributed by atoms with E-state index in [9.17, 15) is 0 Å². The first kappa shape index (κ1) is 13.2. The molecule has 2 heteroatoms. The molecule has 24 heavy (non-hydrogen) atoms. The van der Waals surface area contributed by atoms with E-state index < -0.39 is 0 Å². The Balaban J connectivity index is 1.80. The molecule has 4 aromatic carbocycles. The van der Waals surface area contributed by atoms with Gasteiger partial charge in [0.15, 0.2) is 0 Å². The average Bonchev–Trinajstić information content (AvgIpc) is 2.65. The lowest BCUT2D eigenvalue weighted by molar-refractivity contribution is 1.34. The van der Waals surface area contributed by atoms with Gasteiger partial charge in [0.25, 0.3) is 0 Å². The molecule has 0 bridgehead atoms. The van der Waals surface area contributed by atoms with Crippen molar-refractivity contribution in [2.24, 2.45) is 0 Å². The van der Waals surface area contributed by atoms with Crippen molar-refractivity contribution in [2.75, 3.05) is 0 Å². The number of fused-ring (bicyclic) bond motifs is 4. The lowest BCUT2D eigenvalue weighted by Crippen LogP contribution is -1.98. The smallest absolute Gasteiger partial charge is 0.0208 e. The van der Waals surface area contributed by atoms with Crippen molar-refractivity contribution in [3.63, 3.8) is 0 Å². The molecule has 0 atom stereocenters. The third-order valence-corrected chi connectivity index (χ3v) is 7.15. The maximum atomic E-state index is 2.32. The molecule has 2 aliphatic rings. The summed E-state index contributed by atoms with van der Waals surface area (Å²) in [6.07, 6.45) is 0. The predicted molar refractivity (Wildman–Crippen MR) is 103 cm³/mol. The normalized spacial score (nSPS) is 13.5. The van der Waals surface area contributed by atoms with Crippen molar-refractivity contribution in [3.05, 3.63) is 72.8 Å². The maximum absolute atomic E-state index is 2.32. The molecule has 0 nitrogen and oxygen atoms in total. The lowest BCUT2D eigenvalue weighted by atomic mass is 9.91. The number of hydrogen-bond donors (Lipinski definition) is 0. The minimum atomic E-state index is 1.36. The van der Waals surface area contributed by atoms with Crippen LogP contribution in [0.4, 0.5) is 0 Å². The van der Waals surface area contributed by atoms with Gasteiger partial charge in [0, 0.05) is 30.4 Å². The van der Waals surface area contributed by atoms with E-state index in [0.29, 0.717) is 0 Å². The Morgan fingerprint density at radius 3 is 1.33 bits per heavy atom. The Kier molecular flexibility index (Phi) is 2.57. The predicted octanol–water partition coefficient (Wildman–Crippen LogP) is 7.10. The molecular formula is C22H12S2. The van der Waals surface area contributed by atoms with Gasteiger partial charge in [0.05, 0.1) is 0 Å². The van der Waals surface area contributed by atoms with Gasteiger partial charge in [-0.15, -0.1) is 0 Å². The third-order valence-electron chi connectivity index (χ3n) is 4.88. The second kappa shape index (κ2) is 4.69. The van der Waals surface area contributed by atoms with Crippen LogP contribution in [0.2, 0.25) is 0 Å². The van der Waals surface area contributed by atoms with Gasteiger partial charge < -0.3 is 0 Å². The van der Waals surface area contributed by atoms with Gasteiger partial charge in [-0.05, 0) is 46.5 Å². The number of hydrogen-bond acceptors (Lipinski definition) is 2. The van der Waals surface area contributed by atoms with Crippen molar-refractivity contribution >= 4 is 34.3 Å². The van der Waals surface area contributed by atoms with Crippen molar-refractivity contribution in [2.45, 2.75) is 19.6 Å². The van der Waals surface area contributed by atoms with E-state index >= 15 is 0 Å². The summed E-state index contributed by atoms with van der Waals surface area (Å²) in [6.45, 7) is 0. The van der Waals surface area contributed by atoms with Crippen LogP contribution in [-0.4, -0.2) is 0 Å². The van der Waals surface area contributed by atoms with Crippen LogP contribution in [0.5, 0.6) is 0 Å². The van der Waals surface area contributed by atoms with Crippen LogP contribution in [0, 0.1) is 0 Å². The van der Waals surface area contributed by atoms with Crippen molar-refractivity contribution in [3.8, 4) is 22.3 Å². The first-order valence-corrected chi connectivity index (χ1v) is 9.68. The van der Waals surface area contributed by atoms with Crippen LogP contribution in [0.15, 0.2) is 92.4 Å². The van der Waals surface area contributed by atoms with Crippen LogP contribution < -0.4 is 0 Å². The van der Waals surface area contributed by atoms with Gasteiger partial charge in [-0.25, -0.2) is 0 Å². The molecule has 0 aromatic heterocycles. The molecule has 6 rings (SSSR count). The molecule has 0 unspecified atom stereocenters. The second-order valence-corrected chi connectivity index (χ2v) is 8.34. The summed E-state index contributed by atoms with van der Waals surface area (Å²) < 4.78 is 0. The summed E-state index contributed by atoms with van der Waals surface area (Å²) >= 11 is 3.80. The Bertz CT molecular complexity index is 1070. The Morgan fingerprint density at radius 1 is 0.375 bits per heavy atom. The molecule has 2 aliphatic heterocycles. The van der Waals surface area contributed by atoms with E-state index in [1.807, 2.05) is 23.5 Å². The summed E-state index contributed by atoms with van der Waals surface area (Å²) in [4.78, 5) is 5.47. The highest BCUT2D eigenvalue weighted by Crippen LogP contribution is 2.55. The quantitative estimate of drug-likeness (QED) is 0.289. The van der Waals surface area contributed by atoms with E-state index in [1.54, 1.807) is 0 Å². The first-order chi connectivity index (χ1) is 11.9. The maximum Gasteiger partial charge on any atom is 0.0208 e. The molecule has 4 aromatic rings. The van der Waals surface area contributed by atoms with Gasteiger partial charge in [-0.2, -0.15) is 0 Å². The summed E-state index contributed by atoms with van der Waals surface area (Å²) in [6, 6.07) is 26.7. The van der Waals surface area contributed by atoms with Crippen LogP contribution in [0.3, 0.4) is 0 Å². The summed E-state index contributed by atoms with van der Waals surface area (Å²) in [7, 11) is 0. The Labute approximate surface area is 148 Å². The number of benzene rings is 4. The minimum Gasteiger partial charge on any atom is -0.0888 e. The molecule has 2 heterocycles. The van der Waals surface area contributed by atoms with Crippen LogP contribution >= 0.6 is 23.5 Å². The van der Waals surface area contributed by atoms with Crippen LogP contribution in [0.1, 0.15) is 0 Å². The molecule has 112 valence electrons. The van der Waals surface area contributed by atoms with E-state index in [1.165, 1.54) is 52.6 Å². The van der Waals surface area contributed by atoms with Gasteiger partial charge in [0.1, 0.15) is 0 Å². The molecule has 0 amide bonds. The third kappa shape index (κ3) is 1.62. The summed E-state index contributed by atoms with van der Waals surface area (Å²) in [5.74, 6) is 0. The van der Waals surface area contributed by atoms with E-state index in [-0.39, 0.29) is 0 Å². The molecule has 0 saturated heterocycles. The lowest BCUT2D eigenvalue weighted by Gasteiger charge is -2.26. The van der Waals surface area contributed by atoms with Crippen LogP contribution in [0.25, 0.3) is 33.0 Å². The highest BCUT2D eigenvalue weighted by Gasteiger charge is 2.25. The zero-order chi connectivity index (χ0) is 15.7. The fourth-order valence-electron chi connectivity index (χ4n) is 3.84. The first-order valence-electron chi connectivity index (χ1n) is 8.04. The molecule has 0 saturated carbocycles. The fourth-order valence-corrected chi connectivity index (χ4v) is 6.09. The largest absolute Gasteiger partial charge is 0.0888 e. The zero-order valence-corrected chi connectivity index (χ0v) is 14.4. The van der Waals surface area contributed by atoms with Gasteiger partial charge in [-0.1, -0.05) is 72.1 Å². The van der Waals surface area contributed by atoms with Crippen molar-refractivity contribution < 1.29 is 0 Å². The van der Waals surface area contributed by atoms with Gasteiger partial charge in [0.2, 0.25) is 0 Å². The van der Waals surface area contributed by atoms with Gasteiger partial charge >= 0.3 is 0 Å². The standard InChI is InChI=1S/C22H12S2/c1-3-7-17-13(5-1)15-9-10-16-14-6-2-4-8-18(14)24-20-12-11-19(23-17)21(15)22(16)20/h1-12H. The molecule has 0 spiro atoms. The van der Waals surface area contributed by atoms with Crippen molar-refractivity contribution in [1.29, 1.82) is 0 Å². The highest BCUT2D eigenvalue weighted by molar-refractivity contribution is 8.00. The monoisotopic (exact) mass is 340 g/mol. The highest BCUT2D eigenvalue weighted by atomic mass is 32.2. The van der Waals surface area contributed by atoms with Crippen LogP contribution in [-0.2, 0) is 0 Å². The second-order valence-electron chi connectivity index (χ2n) is 6.17.